The SMILES string of the molecule is C=C(C)C(=O)O[C@@H]1C[C@@]2(C)OC(=CC2=O)C(=C)C[C@@H]2OC(=O)[C@@H](COC)[C@H]21. The number of ether oxygens (including phenoxy) is 4. The fourth-order valence-electron chi connectivity index (χ4n) is 3.90. The van der Waals surface area contributed by atoms with E-state index in [2.05, 4.69) is 13.2 Å². The number of esters is 2. The number of fused-ring (bicyclic) bond motifs is 3. The van der Waals surface area contributed by atoms with Crippen LogP contribution in [0.15, 0.2) is 36.1 Å². The predicted molar refractivity (Wildman–Crippen MR) is 94.4 cm³/mol. The zero-order valence-electron chi connectivity index (χ0n) is 15.8. The van der Waals surface area contributed by atoms with Crippen LogP contribution < -0.4 is 0 Å². The molecule has 27 heavy (non-hydrogen) atoms. The maximum atomic E-state index is 12.5. The smallest absolute Gasteiger partial charge is 0.333 e. The second-order valence-corrected chi connectivity index (χ2v) is 7.56. The molecule has 3 aliphatic heterocycles. The lowest BCUT2D eigenvalue weighted by Gasteiger charge is -2.33. The minimum Gasteiger partial charge on any atom is -0.479 e. The Labute approximate surface area is 158 Å². The van der Waals surface area contributed by atoms with E-state index in [-0.39, 0.29) is 30.8 Å². The van der Waals surface area contributed by atoms with E-state index in [1.807, 2.05) is 0 Å². The first-order chi connectivity index (χ1) is 12.7. The van der Waals surface area contributed by atoms with E-state index in [0.717, 1.165) is 0 Å². The molecule has 146 valence electrons. The lowest BCUT2D eigenvalue weighted by Crippen LogP contribution is -2.45. The zero-order valence-corrected chi connectivity index (χ0v) is 15.8. The molecule has 7 nitrogen and oxygen atoms in total. The molecule has 3 heterocycles. The Bertz CT molecular complexity index is 749. The number of hydrogen-bond acceptors (Lipinski definition) is 7. The first-order valence-corrected chi connectivity index (χ1v) is 8.85. The van der Waals surface area contributed by atoms with Gasteiger partial charge in [0, 0.05) is 37.5 Å². The highest BCUT2D eigenvalue weighted by Gasteiger charge is 2.55. The topological polar surface area (TPSA) is 88.1 Å². The van der Waals surface area contributed by atoms with Crippen molar-refractivity contribution in [1.82, 2.24) is 0 Å². The number of carbonyl (C=O) groups excluding carboxylic acids is 3. The molecule has 0 aliphatic carbocycles. The number of methoxy groups -OCH3 is 1. The molecule has 0 aromatic heterocycles. The second-order valence-electron chi connectivity index (χ2n) is 7.56. The quantitative estimate of drug-likeness (QED) is 0.547. The van der Waals surface area contributed by atoms with Crippen LogP contribution >= 0.6 is 0 Å². The van der Waals surface area contributed by atoms with Crippen LogP contribution in [0.5, 0.6) is 0 Å². The van der Waals surface area contributed by atoms with Crippen LogP contribution in [-0.4, -0.2) is 49.2 Å². The van der Waals surface area contributed by atoms with Crippen molar-refractivity contribution in [3.8, 4) is 0 Å². The van der Waals surface area contributed by atoms with E-state index in [9.17, 15) is 14.4 Å². The van der Waals surface area contributed by atoms with Gasteiger partial charge in [-0.05, 0) is 19.4 Å². The third-order valence-corrected chi connectivity index (χ3v) is 5.35. The fourth-order valence-corrected chi connectivity index (χ4v) is 3.90. The van der Waals surface area contributed by atoms with Crippen molar-refractivity contribution >= 4 is 17.7 Å². The predicted octanol–water partition coefficient (Wildman–Crippen LogP) is 1.87. The zero-order chi connectivity index (χ0) is 19.9. The second kappa shape index (κ2) is 6.96. The Morgan fingerprint density at radius 1 is 1.41 bits per heavy atom. The maximum absolute atomic E-state index is 12.5. The molecule has 3 aliphatic rings. The summed E-state index contributed by atoms with van der Waals surface area (Å²) in [6.45, 7) is 10.9. The lowest BCUT2D eigenvalue weighted by molar-refractivity contribution is -0.155. The lowest BCUT2D eigenvalue weighted by atomic mass is 9.78. The molecule has 0 saturated carbocycles. The average molecular weight is 376 g/mol. The van der Waals surface area contributed by atoms with Crippen LogP contribution in [0, 0.1) is 11.8 Å². The highest BCUT2D eigenvalue weighted by atomic mass is 16.6. The minimum absolute atomic E-state index is 0.0934. The summed E-state index contributed by atoms with van der Waals surface area (Å²) < 4.78 is 22.3. The monoisotopic (exact) mass is 376 g/mol. The summed E-state index contributed by atoms with van der Waals surface area (Å²) in [6.07, 6.45) is 0.460. The van der Waals surface area contributed by atoms with Gasteiger partial charge in [-0.2, -0.15) is 0 Å². The van der Waals surface area contributed by atoms with E-state index >= 15 is 0 Å². The van der Waals surface area contributed by atoms with Gasteiger partial charge >= 0.3 is 11.9 Å². The van der Waals surface area contributed by atoms with Crippen molar-refractivity contribution in [3.63, 3.8) is 0 Å². The Kier molecular flexibility index (Phi) is 4.99. The molecule has 2 saturated heterocycles. The Balaban J connectivity index is 2.03. The van der Waals surface area contributed by atoms with Crippen molar-refractivity contribution < 1.29 is 33.3 Å². The Morgan fingerprint density at radius 3 is 2.74 bits per heavy atom. The fraction of sp³-hybridized carbons (Fsp3) is 0.550. The highest BCUT2D eigenvalue weighted by Crippen LogP contribution is 2.44. The van der Waals surface area contributed by atoms with Crippen LogP contribution in [0.2, 0.25) is 0 Å². The number of hydrogen-bond donors (Lipinski definition) is 0. The summed E-state index contributed by atoms with van der Waals surface area (Å²) in [5, 5.41) is 0. The minimum atomic E-state index is -1.20. The molecule has 2 fully saturated rings. The summed E-state index contributed by atoms with van der Waals surface area (Å²) in [7, 11) is 1.49. The first-order valence-electron chi connectivity index (χ1n) is 8.85. The van der Waals surface area contributed by atoms with Crippen LogP contribution in [0.1, 0.15) is 26.7 Å². The van der Waals surface area contributed by atoms with Gasteiger partial charge in [-0.3, -0.25) is 9.59 Å². The summed E-state index contributed by atoms with van der Waals surface area (Å²) in [5.41, 5.74) is -0.400. The summed E-state index contributed by atoms with van der Waals surface area (Å²) >= 11 is 0. The van der Waals surface area contributed by atoms with Gasteiger partial charge in [0.25, 0.3) is 0 Å². The van der Waals surface area contributed by atoms with Crippen molar-refractivity contribution in [1.29, 1.82) is 0 Å². The number of ketones is 1. The Hall–Kier alpha value is -2.41. The van der Waals surface area contributed by atoms with Gasteiger partial charge in [-0.1, -0.05) is 13.2 Å². The molecule has 0 amide bonds. The third-order valence-electron chi connectivity index (χ3n) is 5.35. The van der Waals surface area contributed by atoms with Crippen molar-refractivity contribution in [3.05, 3.63) is 36.1 Å². The van der Waals surface area contributed by atoms with E-state index in [4.69, 9.17) is 18.9 Å². The van der Waals surface area contributed by atoms with E-state index in [1.54, 1.807) is 13.8 Å². The number of carbonyl (C=O) groups is 3. The molecule has 5 atom stereocenters. The largest absolute Gasteiger partial charge is 0.479 e. The van der Waals surface area contributed by atoms with Gasteiger partial charge in [0.1, 0.15) is 18.0 Å². The number of rotatable bonds is 4. The van der Waals surface area contributed by atoms with Crippen molar-refractivity contribution in [2.75, 3.05) is 13.7 Å². The molecule has 0 N–H and O–H groups in total. The summed E-state index contributed by atoms with van der Waals surface area (Å²) in [6, 6.07) is 0. The summed E-state index contributed by atoms with van der Waals surface area (Å²) in [4.78, 5) is 37.2. The van der Waals surface area contributed by atoms with E-state index in [1.165, 1.54) is 13.2 Å². The van der Waals surface area contributed by atoms with Crippen LogP contribution in [0.25, 0.3) is 0 Å². The molecule has 2 bridgehead atoms. The molecular formula is C20H24O7. The van der Waals surface area contributed by atoms with E-state index < -0.39 is 41.6 Å². The maximum Gasteiger partial charge on any atom is 0.333 e. The van der Waals surface area contributed by atoms with Gasteiger partial charge in [-0.15, -0.1) is 0 Å². The molecule has 0 unspecified atom stereocenters. The van der Waals surface area contributed by atoms with Gasteiger partial charge in [-0.25, -0.2) is 4.79 Å². The highest BCUT2D eigenvalue weighted by molar-refractivity contribution is 6.00. The van der Waals surface area contributed by atoms with Crippen molar-refractivity contribution in [2.24, 2.45) is 11.8 Å². The summed E-state index contributed by atoms with van der Waals surface area (Å²) in [5.74, 6) is -1.92. The van der Waals surface area contributed by atoms with Crippen molar-refractivity contribution in [2.45, 2.75) is 44.5 Å². The standard InChI is InChI=1S/C20H24O7/c1-10(2)18(22)26-15-8-20(4)16(21)7-13(27-20)11(3)6-14-17(15)12(9-24-5)19(23)25-14/h7,12,14-15,17H,1,3,6,8-9H2,2,4-5H3/t12-,14-,15+,17+,20+/m0/s1. The number of allylic oxidation sites excluding steroid dienone is 1. The van der Waals surface area contributed by atoms with Crippen LogP contribution in [0.3, 0.4) is 0 Å². The molecule has 3 rings (SSSR count). The molecule has 0 aromatic carbocycles. The van der Waals surface area contributed by atoms with Crippen LogP contribution in [-0.2, 0) is 33.3 Å². The van der Waals surface area contributed by atoms with Gasteiger partial charge in [0.2, 0.25) is 5.78 Å². The van der Waals surface area contributed by atoms with Gasteiger partial charge in [0.05, 0.1) is 12.5 Å². The van der Waals surface area contributed by atoms with Gasteiger partial charge < -0.3 is 18.9 Å². The Morgan fingerprint density at radius 2 is 2.11 bits per heavy atom. The van der Waals surface area contributed by atoms with E-state index in [0.29, 0.717) is 11.3 Å². The molecular weight excluding hydrogens is 352 g/mol. The molecule has 0 radical (unpaired) electrons. The molecule has 7 heteroatoms. The first kappa shape index (κ1) is 19.4. The molecule has 0 aromatic rings. The normalized spacial score (nSPS) is 35.2. The van der Waals surface area contributed by atoms with Gasteiger partial charge in [0.15, 0.2) is 5.60 Å². The van der Waals surface area contributed by atoms with Crippen LogP contribution in [0.4, 0.5) is 0 Å². The molecule has 0 spiro atoms. The average Bonchev–Trinajstić information content (AvgIpc) is 3.05. The third kappa shape index (κ3) is 3.43.